The molecule has 0 spiro atoms. The molecule has 0 saturated carbocycles. The number of nitro benzene ring substituents is 1. The van der Waals surface area contributed by atoms with E-state index in [1.54, 1.807) is 19.1 Å². The van der Waals surface area contributed by atoms with Gasteiger partial charge in [-0.1, -0.05) is 42.5 Å². The summed E-state index contributed by atoms with van der Waals surface area (Å²) in [5.41, 5.74) is 5.06. The molecule has 2 aromatic carbocycles. The smallest absolute Gasteiger partial charge is 0.269 e. The van der Waals surface area contributed by atoms with Crippen molar-refractivity contribution in [1.82, 2.24) is 15.3 Å². The lowest BCUT2D eigenvalue weighted by Crippen LogP contribution is -2.44. The van der Waals surface area contributed by atoms with Gasteiger partial charge in [0.05, 0.1) is 16.9 Å². The van der Waals surface area contributed by atoms with Crippen LogP contribution < -0.4 is 5.43 Å². The number of hydrazine groups is 1. The van der Waals surface area contributed by atoms with Gasteiger partial charge in [0, 0.05) is 25.2 Å². The van der Waals surface area contributed by atoms with Gasteiger partial charge in [-0.15, -0.1) is 0 Å². The molecular weight excluding hydrogens is 360 g/mol. The molecule has 4 rings (SSSR count). The number of carbonyl (C=O) groups is 2. The molecule has 2 aliphatic heterocycles. The van der Waals surface area contributed by atoms with Crippen LogP contribution in [0.5, 0.6) is 0 Å². The number of nitrogens with zero attached hydrogens (tertiary/aromatic N) is 3. The zero-order valence-electron chi connectivity index (χ0n) is 15.3. The van der Waals surface area contributed by atoms with Crippen LogP contribution in [-0.2, 0) is 16.1 Å². The minimum Gasteiger partial charge on any atom is -0.281 e. The second-order valence-corrected chi connectivity index (χ2v) is 6.96. The van der Waals surface area contributed by atoms with E-state index in [4.69, 9.17) is 0 Å². The fraction of sp³-hybridized carbons (Fsp3) is 0.300. The Bertz CT molecular complexity index is 916. The normalized spacial score (nSPS) is 24.6. The summed E-state index contributed by atoms with van der Waals surface area (Å²) in [6, 6.07) is 14.8. The van der Waals surface area contributed by atoms with Gasteiger partial charge in [-0.3, -0.25) is 24.6 Å². The minimum atomic E-state index is -0.590. The average Bonchev–Trinajstić information content (AvgIpc) is 3.19. The first kappa shape index (κ1) is 18.3. The van der Waals surface area contributed by atoms with E-state index in [1.165, 1.54) is 17.0 Å². The molecule has 0 unspecified atom stereocenters. The number of imide groups is 1. The molecule has 8 nitrogen and oxygen atoms in total. The molecule has 0 radical (unpaired) electrons. The standard InChI is InChI=1S/C20H20N4O4/c1-2-22-19(25)16-17(14-8-10-15(11-9-14)24(27)28)21-23(18(16)20(22)26)12-13-6-4-3-5-7-13/h3-11,16-18,21H,2,12H2,1H3/t16-,17+,18+/m1/s1. The van der Waals surface area contributed by atoms with Crippen LogP contribution in [0.4, 0.5) is 5.69 Å². The van der Waals surface area contributed by atoms with Crippen molar-refractivity contribution < 1.29 is 14.5 Å². The molecule has 2 aromatic rings. The predicted molar refractivity (Wildman–Crippen MR) is 101 cm³/mol. The van der Waals surface area contributed by atoms with Gasteiger partial charge in [-0.25, -0.2) is 10.4 Å². The number of likely N-dealkylation sites (N-methyl/N-ethyl adjacent to an activating group) is 1. The van der Waals surface area contributed by atoms with E-state index in [-0.39, 0.29) is 17.5 Å². The fourth-order valence-electron chi connectivity index (χ4n) is 4.05. The summed E-state index contributed by atoms with van der Waals surface area (Å²) >= 11 is 0. The number of fused-ring (bicyclic) bond motifs is 1. The van der Waals surface area contributed by atoms with Gasteiger partial charge in [-0.2, -0.15) is 0 Å². The van der Waals surface area contributed by atoms with Crippen LogP contribution in [0.1, 0.15) is 24.1 Å². The summed E-state index contributed by atoms with van der Waals surface area (Å²) in [5.74, 6) is -0.966. The van der Waals surface area contributed by atoms with Gasteiger partial charge in [-0.05, 0) is 18.1 Å². The van der Waals surface area contributed by atoms with E-state index in [2.05, 4.69) is 5.43 Å². The van der Waals surface area contributed by atoms with Crippen molar-refractivity contribution in [3.8, 4) is 0 Å². The van der Waals surface area contributed by atoms with E-state index in [1.807, 2.05) is 35.3 Å². The van der Waals surface area contributed by atoms with Crippen LogP contribution in [0, 0.1) is 16.0 Å². The van der Waals surface area contributed by atoms with Crippen molar-refractivity contribution in [2.24, 2.45) is 5.92 Å². The Balaban J connectivity index is 1.68. The lowest BCUT2D eigenvalue weighted by molar-refractivity contribution is -0.384. The number of hydrogen-bond donors (Lipinski definition) is 1. The maximum atomic E-state index is 12.9. The molecule has 2 saturated heterocycles. The van der Waals surface area contributed by atoms with Crippen molar-refractivity contribution in [2.75, 3.05) is 6.54 Å². The zero-order valence-corrected chi connectivity index (χ0v) is 15.3. The minimum absolute atomic E-state index is 0.0107. The number of amides is 2. The predicted octanol–water partition coefficient (Wildman–Crippen LogP) is 2.03. The first-order chi connectivity index (χ1) is 13.5. The zero-order chi connectivity index (χ0) is 19.8. The lowest BCUT2D eigenvalue weighted by atomic mass is 9.91. The van der Waals surface area contributed by atoms with E-state index in [9.17, 15) is 19.7 Å². The van der Waals surface area contributed by atoms with E-state index in [0.717, 1.165) is 11.1 Å². The summed E-state index contributed by atoms with van der Waals surface area (Å²) in [7, 11) is 0. The number of hydrogen-bond acceptors (Lipinski definition) is 6. The molecule has 0 aromatic heterocycles. The number of likely N-dealkylation sites (tertiary alicyclic amines) is 1. The van der Waals surface area contributed by atoms with Crippen LogP contribution in [0.25, 0.3) is 0 Å². The summed E-state index contributed by atoms with van der Waals surface area (Å²) in [4.78, 5) is 37.6. The molecule has 2 heterocycles. The van der Waals surface area contributed by atoms with Gasteiger partial charge in [0.1, 0.15) is 6.04 Å². The molecule has 3 atom stereocenters. The second-order valence-electron chi connectivity index (χ2n) is 6.96. The monoisotopic (exact) mass is 380 g/mol. The van der Waals surface area contributed by atoms with Crippen molar-refractivity contribution in [3.63, 3.8) is 0 Å². The number of carbonyl (C=O) groups excluding carboxylic acids is 2. The topological polar surface area (TPSA) is 95.8 Å². The Morgan fingerprint density at radius 3 is 2.32 bits per heavy atom. The first-order valence-corrected chi connectivity index (χ1v) is 9.17. The highest BCUT2D eigenvalue weighted by atomic mass is 16.6. The fourth-order valence-corrected chi connectivity index (χ4v) is 4.05. The molecule has 2 aliphatic rings. The molecule has 0 aliphatic carbocycles. The van der Waals surface area contributed by atoms with E-state index >= 15 is 0 Å². The summed E-state index contributed by atoms with van der Waals surface area (Å²) in [6.45, 7) is 2.59. The number of non-ortho nitro benzene ring substituents is 1. The van der Waals surface area contributed by atoms with Gasteiger partial charge >= 0.3 is 0 Å². The molecule has 2 amide bonds. The Labute approximate surface area is 161 Å². The van der Waals surface area contributed by atoms with E-state index in [0.29, 0.717) is 13.1 Å². The lowest BCUT2D eigenvalue weighted by Gasteiger charge is -2.24. The highest BCUT2D eigenvalue weighted by Crippen LogP contribution is 2.40. The average molecular weight is 380 g/mol. The van der Waals surface area contributed by atoms with Gasteiger partial charge in [0.2, 0.25) is 11.8 Å². The second kappa shape index (κ2) is 7.14. The van der Waals surface area contributed by atoms with Crippen molar-refractivity contribution in [1.29, 1.82) is 0 Å². The van der Waals surface area contributed by atoms with Gasteiger partial charge in [0.15, 0.2) is 0 Å². The number of benzene rings is 2. The third-order valence-electron chi connectivity index (χ3n) is 5.39. The third kappa shape index (κ3) is 2.96. The summed E-state index contributed by atoms with van der Waals surface area (Å²) in [5, 5.41) is 12.7. The van der Waals surface area contributed by atoms with Crippen LogP contribution in [-0.4, -0.2) is 39.2 Å². The summed E-state index contributed by atoms with van der Waals surface area (Å²) < 4.78 is 0. The largest absolute Gasteiger partial charge is 0.281 e. The number of rotatable bonds is 5. The highest BCUT2D eigenvalue weighted by Gasteiger charge is 2.58. The Morgan fingerprint density at radius 2 is 1.71 bits per heavy atom. The van der Waals surface area contributed by atoms with Gasteiger partial charge in [0.25, 0.3) is 5.69 Å². The van der Waals surface area contributed by atoms with Crippen LogP contribution >= 0.6 is 0 Å². The molecule has 28 heavy (non-hydrogen) atoms. The highest BCUT2D eigenvalue weighted by molar-refractivity contribution is 6.07. The molecule has 0 bridgehead atoms. The molecule has 8 heteroatoms. The third-order valence-corrected chi connectivity index (χ3v) is 5.39. The Kier molecular flexibility index (Phi) is 4.66. The molecule has 1 N–H and O–H groups in total. The molecular formula is C20H20N4O4. The van der Waals surface area contributed by atoms with Crippen LogP contribution in [0.2, 0.25) is 0 Å². The van der Waals surface area contributed by atoms with Crippen LogP contribution in [0.3, 0.4) is 0 Å². The SMILES string of the molecule is CCN1C(=O)[C@H]2[C@@H](C1=O)N(Cc1ccccc1)N[C@H]2c1ccc([N+](=O)[O-])cc1. The first-order valence-electron chi connectivity index (χ1n) is 9.17. The maximum Gasteiger partial charge on any atom is 0.269 e. The molecule has 2 fully saturated rings. The Hall–Kier alpha value is -3.10. The summed E-state index contributed by atoms with van der Waals surface area (Å²) in [6.07, 6.45) is 0. The number of nitro groups is 1. The Morgan fingerprint density at radius 1 is 1.04 bits per heavy atom. The van der Waals surface area contributed by atoms with Crippen LogP contribution in [0.15, 0.2) is 54.6 Å². The van der Waals surface area contributed by atoms with E-state index < -0.39 is 22.9 Å². The van der Waals surface area contributed by atoms with Crippen molar-refractivity contribution in [2.45, 2.75) is 25.6 Å². The quantitative estimate of drug-likeness (QED) is 0.484. The van der Waals surface area contributed by atoms with Crippen molar-refractivity contribution >= 4 is 17.5 Å². The number of nitrogens with one attached hydrogen (secondary N) is 1. The van der Waals surface area contributed by atoms with Crippen molar-refractivity contribution in [3.05, 3.63) is 75.8 Å². The molecule has 144 valence electrons. The maximum absolute atomic E-state index is 12.9. The van der Waals surface area contributed by atoms with Gasteiger partial charge < -0.3 is 0 Å².